The number of carbonyl (C=O) groups excluding carboxylic acids is 1. The fraction of sp³-hybridized carbons (Fsp3) is 0.0833. The molecular weight excluding hydrogens is 437 g/mol. The Balaban J connectivity index is 1.84. The van der Waals surface area contributed by atoms with Gasteiger partial charge in [0.1, 0.15) is 18.1 Å². The van der Waals surface area contributed by atoms with Crippen LogP contribution in [0.25, 0.3) is 6.08 Å². The molecule has 3 aromatic carbocycles. The van der Waals surface area contributed by atoms with Gasteiger partial charge in [0.15, 0.2) is 11.5 Å². The zero-order chi connectivity index (χ0) is 23.1. The van der Waals surface area contributed by atoms with E-state index in [4.69, 9.17) is 21.1 Å². The summed E-state index contributed by atoms with van der Waals surface area (Å²) in [5.74, 6) is -1.80. The van der Waals surface area contributed by atoms with Crippen LogP contribution in [-0.2, 0) is 11.4 Å². The van der Waals surface area contributed by atoms with Crippen LogP contribution in [0, 0.1) is 5.82 Å². The first-order valence-electron chi connectivity index (χ1n) is 9.43. The SMILES string of the molecule is COc1cc(/C=C(/NC(=O)c2ccccc2)C(=O)O)cc(Cl)c1OCc1cccc(F)c1. The second-order valence-electron chi connectivity index (χ2n) is 6.64. The van der Waals surface area contributed by atoms with Crippen molar-refractivity contribution in [3.05, 3.63) is 100.0 Å². The third-order valence-corrected chi connectivity index (χ3v) is 4.63. The van der Waals surface area contributed by atoms with Crippen LogP contribution in [0.4, 0.5) is 4.39 Å². The van der Waals surface area contributed by atoms with Crippen molar-refractivity contribution in [3.8, 4) is 11.5 Å². The number of ether oxygens (including phenoxy) is 2. The minimum atomic E-state index is -1.32. The molecule has 0 fully saturated rings. The van der Waals surface area contributed by atoms with Crippen LogP contribution in [0.3, 0.4) is 0 Å². The zero-order valence-corrected chi connectivity index (χ0v) is 17.7. The average molecular weight is 456 g/mol. The van der Waals surface area contributed by atoms with E-state index in [9.17, 15) is 19.1 Å². The van der Waals surface area contributed by atoms with Gasteiger partial charge in [-0.1, -0.05) is 41.9 Å². The van der Waals surface area contributed by atoms with E-state index in [-0.39, 0.29) is 34.6 Å². The van der Waals surface area contributed by atoms with Crippen molar-refractivity contribution in [2.45, 2.75) is 6.61 Å². The van der Waals surface area contributed by atoms with E-state index in [1.807, 2.05) is 0 Å². The first-order valence-corrected chi connectivity index (χ1v) is 9.81. The molecule has 0 heterocycles. The maximum Gasteiger partial charge on any atom is 0.352 e. The van der Waals surface area contributed by atoms with Crippen LogP contribution in [0.1, 0.15) is 21.5 Å². The van der Waals surface area contributed by atoms with Crippen LogP contribution in [-0.4, -0.2) is 24.1 Å². The van der Waals surface area contributed by atoms with E-state index < -0.39 is 11.9 Å². The van der Waals surface area contributed by atoms with Gasteiger partial charge in [0.2, 0.25) is 0 Å². The Morgan fingerprint density at radius 3 is 2.50 bits per heavy atom. The molecule has 8 heteroatoms. The molecule has 6 nitrogen and oxygen atoms in total. The molecule has 32 heavy (non-hydrogen) atoms. The van der Waals surface area contributed by atoms with Gasteiger partial charge in [-0.2, -0.15) is 0 Å². The van der Waals surface area contributed by atoms with Gasteiger partial charge in [0.25, 0.3) is 5.91 Å². The normalized spacial score (nSPS) is 11.0. The second-order valence-corrected chi connectivity index (χ2v) is 7.04. The summed E-state index contributed by atoms with van der Waals surface area (Å²) in [5.41, 5.74) is 0.946. The van der Waals surface area contributed by atoms with Crippen LogP contribution >= 0.6 is 11.6 Å². The molecular formula is C24H19ClFNO5. The molecule has 164 valence electrons. The minimum absolute atomic E-state index is 0.0521. The number of amides is 1. The monoisotopic (exact) mass is 455 g/mol. The largest absolute Gasteiger partial charge is 0.493 e. The number of halogens is 2. The lowest BCUT2D eigenvalue weighted by Crippen LogP contribution is -2.27. The van der Waals surface area contributed by atoms with Gasteiger partial charge in [0.05, 0.1) is 12.1 Å². The summed E-state index contributed by atoms with van der Waals surface area (Å²) in [5, 5.41) is 12.0. The quantitative estimate of drug-likeness (QED) is 0.471. The van der Waals surface area contributed by atoms with Crippen molar-refractivity contribution in [1.29, 1.82) is 0 Å². The highest BCUT2D eigenvalue weighted by atomic mass is 35.5. The molecule has 0 aromatic heterocycles. The Hall–Kier alpha value is -3.84. The number of carboxylic acids is 1. The molecule has 0 saturated carbocycles. The Labute approximate surface area is 188 Å². The third-order valence-electron chi connectivity index (χ3n) is 4.35. The average Bonchev–Trinajstić information content (AvgIpc) is 2.78. The molecule has 3 aromatic rings. The summed E-state index contributed by atoms with van der Waals surface area (Å²) in [6.07, 6.45) is 1.26. The predicted octanol–water partition coefficient (Wildman–Crippen LogP) is 4.92. The predicted molar refractivity (Wildman–Crippen MR) is 118 cm³/mol. The molecule has 0 aliphatic rings. The Bertz CT molecular complexity index is 1160. The van der Waals surface area contributed by atoms with Crippen LogP contribution in [0.2, 0.25) is 5.02 Å². The maximum atomic E-state index is 13.4. The standard InChI is InChI=1S/C24H19ClFNO5/c1-31-21-13-16(11-19(25)22(21)32-14-15-6-5-9-18(26)10-15)12-20(24(29)30)27-23(28)17-7-3-2-4-8-17/h2-13H,14H2,1H3,(H,27,28)(H,29,30)/b20-12+. The highest BCUT2D eigenvalue weighted by molar-refractivity contribution is 6.32. The fourth-order valence-electron chi connectivity index (χ4n) is 2.85. The molecule has 1 amide bonds. The lowest BCUT2D eigenvalue weighted by molar-refractivity contribution is -0.132. The number of hydrogen-bond acceptors (Lipinski definition) is 4. The number of benzene rings is 3. The van der Waals surface area contributed by atoms with E-state index in [2.05, 4.69) is 5.32 Å². The van der Waals surface area contributed by atoms with Crippen LogP contribution < -0.4 is 14.8 Å². The molecule has 3 rings (SSSR count). The third kappa shape index (κ3) is 5.86. The maximum absolute atomic E-state index is 13.4. The van der Waals surface area contributed by atoms with Gasteiger partial charge in [-0.3, -0.25) is 4.79 Å². The van der Waals surface area contributed by atoms with Crippen molar-refractivity contribution < 1.29 is 28.6 Å². The van der Waals surface area contributed by atoms with Gasteiger partial charge >= 0.3 is 5.97 Å². The number of nitrogens with one attached hydrogen (secondary N) is 1. The van der Waals surface area contributed by atoms with Gasteiger partial charge < -0.3 is 19.9 Å². The van der Waals surface area contributed by atoms with E-state index in [0.717, 1.165) is 0 Å². The summed E-state index contributed by atoms with van der Waals surface area (Å²) in [7, 11) is 1.41. The molecule has 0 aliphatic heterocycles. The van der Waals surface area contributed by atoms with Crippen molar-refractivity contribution in [3.63, 3.8) is 0 Å². The summed E-state index contributed by atoms with van der Waals surface area (Å²) in [6, 6.07) is 17.2. The van der Waals surface area contributed by atoms with Crippen molar-refractivity contribution in [2.75, 3.05) is 7.11 Å². The van der Waals surface area contributed by atoms with Crippen LogP contribution in [0.15, 0.2) is 72.4 Å². The van der Waals surface area contributed by atoms with E-state index in [0.29, 0.717) is 16.7 Å². The van der Waals surface area contributed by atoms with E-state index >= 15 is 0 Å². The summed E-state index contributed by atoms with van der Waals surface area (Å²) in [4.78, 5) is 24.0. The highest BCUT2D eigenvalue weighted by Gasteiger charge is 2.16. The summed E-state index contributed by atoms with van der Waals surface area (Å²) < 4.78 is 24.4. The van der Waals surface area contributed by atoms with Crippen molar-refractivity contribution in [1.82, 2.24) is 5.32 Å². The number of carboxylic acid groups (broad SMARTS) is 1. The number of rotatable bonds is 8. The molecule has 0 atom stereocenters. The number of hydrogen-bond donors (Lipinski definition) is 2. The Kier molecular flexibility index (Phi) is 7.46. The molecule has 0 bridgehead atoms. The first-order chi connectivity index (χ1) is 15.4. The lowest BCUT2D eigenvalue weighted by atomic mass is 10.1. The topological polar surface area (TPSA) is 84.9 Å². The molecule has 0 spiro atoms. The second kappa shape index (κ2) is 10.5. The van der Waals surface area contributed by atoms with E-state index in [1.165, 1.54) is 37.5 Å². The summed E-state index contributed by atoms with van der Waals surface area (Å²) >= 11 is 6.33. The van der Waals surface area contributed by atoms with Gasteiger partial charge in [0, 0.05) is 5.56 Å². The van der Waals surface area contributed by atoms with E-state index in [1.54, 1.807) is 42.5 Å². The van der Waals surface area contributed by atoms with Gasteiger partial charge in [-0.15, -0.1) is 0 Å². The lowest BCUT2D eigenvalue weighted by Gasteiger charge is -2.14. The first kappa shape index (κ1) is 22.8. The Morgan fingerprint density at radius 2 is 1.84 bits per heavy atom. The number of carbonyl (C=O) groups is 2. The van der Waals surface area contributed by atoms with Crippen LogP contribution in [0.5, 0.6) is 11.5 Å². The van der Waals surface area contributed by atoms with Gasteiger partial charge in [-0.25, -0.2) is 9.18 Å². The van der Waals surface area contributed by atoms with Gasteiger partial charge in [-0.05, 0) is 53.6 Å². The fourth-order valence-corrected chi connectivity index (χ4v) is 3.12. The van der Waals surface area contributed by atoms with Crippen molar-refractivity contribution >= 4 is 29.6 Å². The summed E-state index contributed by atoms with van der Waals surface area (Å²) in [6.45, 7) is 0.0521. The molecule has 0 unspecified atom stereocenters. The Morgan fingerprint density at radius 1 is 1.09 bits per heavy atom. The van der Waals surface area contributed by atoms with Crippen molar-refractivity contribution in [2.24, 2.45) is 0 Å². The molecule has 0 aliphatic carbocycles. The molecule has 0 saturated heterocycles. The number of methoxy groups -OCH3 is 1. The zero-order valence-electron chi connectivity index (χ0n) is 17.0. The smallest absolute Gasteiger partial charge is 0.352 e. The molecule has 2 N–H and O–H groups in total. The number of aliphatic carboxylic acids is 1. The minimum Gasteiger partial charge on any atom is -0.493 e. The highest BCUT2D eigenvalue weighted by Crippen LogP contribution is 2.37. The molecule has 0 radical (unpaired) electrons.